The molecule has 2 aromatic rings. The Balaban J connectivity index is 2.67. The fourth-order valence-electron chi connectivity index (χ4n) is 1.44. The van der Waals surface area contributed by atoms with Crippen LogP contribution in [0.4, 0.5) is 0 Å². The van der Waals surface area contributed by atoms with E-state index in [4.69, 9.17) is 16.7 Å². The monoisotopic (exact) mass is 288 g/mol. The molecule has 0 bridgehead atoms. The van der Waals surface area contributed by atoms with E-state index < -0.39 is 5.97 Å². The van der Waals surface area contributed by atoms with Crippen LogP contribution in [0.3, 0.4) is 0 Å². The Kier molecular flexibility index (Phi) is 2.67. The van der Waals surface area contributed by atoms with E-state index in [0.29, 0.717) is 16.2 Å². The molecule has 15 heavy (non-hydrogen) atoms. The second-order valence-corrected chi connectivity index (χ2v) is 4.24. The third-order valence-corrected chi connectivity index (χ3v) is 2.93. The zero-order chi connectivity index (χ0) is 11.0. The number of nitrogens with one attached hydrogen (secondary N) is 1. The Morgan fingerprint density at radius 2 is 2.40 bits per heavy atom. The van der Waals surface area contributed by atoms with Crippen LogP contribution >= 0.6 is 27.5 Å². The summed E-state index contributed by atoms with van der Waals surface area (Å²) < 4.78 is 0.736. The van der Waals surface area contributed by atoms with Gasteiger partial charge in [-0.2, -0.15) is 0 Å². The number of rotatable bonds is 2. The first kappa shape index (κ1) is 10.4. The average molecular weight is 290 g/mol. The number of fused-ring (bicyclic) bond motifs is 1. The largest absolute Gasteiger partial charge is 0.481 e. The van der Waals surface area contributed by atoms with Gasteiger partial charge in [0.05, 0.1) is 11.9 Å². The van der Waals surface area contributed by atoms with Crippen molar-refractivity contribution in [2.45, 2.75) is 6.42 Å². The van der Waals surface area contributed by atoms with Crippen molar-refractivity contribution in [2.75, 3.05) is 0 Å². The van der Waals surface area contributed by atoms with Crippen molar-refractivity contribution < 1.29 is 9.90 Å². The van der Waals surface area contributed by atoms with E-state index in [2.05, 4.69) is 25.9 Å². The maximum Gasteiger partial charge on any atom is 0.307 e. The summed E-state index contributed by atoms with van der Waals surface area (Å²) in [4.78, 5) is 17.5. The molecule has 2 heterocycles. The van der Waals surface area contributed by atoms with E-state index in [1.807, 2.05) is 0 Å². The second-order valence-electron chi connectivity index (χ2n) is 3.03. The van der Waals surface area contributed by atoms with Crippen LogP contribution < -0.4 is 0 Å². The zero-order valence-corrected chi connectivity index (χ0v) is 9.76. The summed E-state index contributed by atoms with van der Waals surface area (Å²) in [7, 11) is 0. The molecule has 0 saturated heterocycles. The Morgan fingerprint density at radius 1 is 1.67 bits per heavy atom. The fraction of sp³-hybridized carbons (Fsp3) is 0.111. The van der Waals surface area contributed by atoms with Crippen LogP contribution in [-0.4, -0.2) is 21.0 Å². The molecule has 0 radical (unpaired) electrons. The molecular weight excluding hydrogens is 283 g/mol. The first-order valence-electron chi connectivity index (χ1n) is 4.11. The number of hydrogen-bond acceptors (Lipinski definition) is 2. The number of H-pyrrole nitrogens is 1. The number of aromatic amines is 1. The van der Waals surface area contributed by atoms with Crippen molar-refractivity contribution in [3.8, 4) is 0 Å². The number of aromatic nitrogens is 2. The van der Waals surface area contributed by atoms with Gasteiger partial charge in [0, 0.05) is 22.3 Å². The third kappa shape index (κ3) is 1.85. The highest BCUT2D eigenvalue weighted by molar-refractivity contribution is 9.10. The number of halogens is 2. The predicted molar refractivity (Wildman–Crippen MR) is 60.1 cm³/mol. The van der Waals surface area contributed by atoms with Gasteiger partial charge < -0.3 is 10.1 Å². The van der Waals surface area contributed by atoms with Crippen molar-refractivity contribution >= 4 is 44.4 Å². The molecule has 78 valence electrons. The highest BCUT2D eigenvalue weighted by atomic mass is 79.9. The summed E-state index contributed by atoms with van der Waals surface area (Å²) >= 11 is 9.19. The lowest BCUT2D eigenvalue weighted by atomic mass is 10.1. The predicted octanol–water partition coefficient (Wildman–Crippen LogP) is 2.61. The maximum atomic E-state index is 10.6. The zero-order valence-electron chi connectivity index (χ0n) is 7.42. The number of nitrogens with zero attached hydrogens (tertiary/aromatic N) is 1. The summed E-state index contributed by atoms with van der Waals surface area (Å²) in [6.45, 7) is 0. The second kappa shape index (κ2) is 3.83. The van der Waals surface area contributed by atoms with Crippen LogP contribution in [0.5, 0.6) is 0 Å². The van der Waals surface area contributed by atoms with E-state index in [-0.39, 0.29) is 6.42 Å². The molecule has 0 aliphatic rings. The van der Waals surface area contributed by atoms with Gasteiger partial charge in [-0.25, -0.2) is 4.98 Å². The number of hydrogen-bond donors (Lipinski definition) is 2. The molecule has 2 aromatic heterocycles. The van der Waals surface area contributed by atoms with Crippen LogP contribution in [0.2, 0.25) is 5.15 Å². The normalized spacial score (nSPS) is 10.8. The highest BCUT2D eigenvalue weighted by Gasteiger charge is 2.13. The summed E-state index contributed by atoms with van der Waals surface area (Å²) in [5, 5.41) is 9.84. The van der Waals surface area contributed by atoms with Crippen LogP contribution in [-0.2, 0) is 11.2 Å². The molecule has 2 N–H and O–H groups in total. The molecule has 0 saturated carbocycles. The first-order chi connectivity index (χ1) is 7.09. The molecule has 0 spiro atoms. The van der Waals surface area contributed by atoms with Crippen molar-refractivity contribution in [3.05, 3.63) is 27.6 Å². The molecule has 0 aromatic carbocycles. The molecule has 0 aliphatic heterocycles. The highest BCUT2D eigenvalue weighted by Crippen LogP contribution is 2.30. The minimum Gasteiger partial charge on any atom is -0.481 e. The topological polar surface area (TPSA) is 66.0 Å². The van der Waals surface area contributed by atoms with Gasteiger partial charge in [0.2, 0.25) is 0 Å². The minimum absolute atomic E-state index is 0.0427. The average Bonchev–Trinajstić information content (AvgIpc) is 2.56. The van der Waals surface area contributed by atoms with Gasteiger partial charge in [-0.3, -0.25) is 4.79 Å². The molecular formula is C9H6BrClN2O2. The Bertz CT molecular complexity index is 538. The number of pyridine rings is 1. The summed E-state index contributed by atoms with van der Waals surface area (Å²) in [6, 6.07) is 0. The molecule has 0 fully saturated rings. The number of carboxylic acids is 1. The minimum atomic E-state index is -0.879. The molecule has 0 unspecified atom stereocenters. The molecule has 6 heteroatoms. The van der Waals surface area contributed by atoms with Gasteiger partial charge in [0.1, 0.15) is 0 Å². The van der Waals surface area contributed by atoms with Crippen molar-refractivity contribution in [3.63, 3.8) is 0 Å². The van der Waals surface area contributed by atoms with E-state index in [0.717, 1.165) is 9.86 Å². The van der Waals surface area contributed by atoms with Crippen molar-refractivity contribution in [1.29, 1.82) is 0 Å². The standard InChI is InChI=1S/C9H6BrClN2O2/c10-5-3-13-9(11)8-7(5)4(2-12-8)1-6(14)15/h2-3,12H,1H2,(H,14,15). The lowest BCUT2D eigenvalue weighted by molar-refractivity contribution is -0.136. The lowest BCUT2D eigenvalue weighted by Crippen LogP contribution is -1.99. The number of carboxylic acid groups (broad SMARTS) is 1. The van der Waals surface area contributed by atoms with E-state index >= 15 is 0 Å². The van der Waals surface area contributed by atoms with Crippen LogP contribution in [0.1, 0.15) is 5.56 Å². The molecule has 0 atom stereocenters. The van der Waals surface area contributed by atoms with Gasteiger partial charge in [0.15, 0.2) is 5.15 Å². The van der Waals surface area contributed by atoms with Crippen LogP contribution in [0.25, 0.3) is 10.9 Å². The smallest absolute Gasteiger partial charge is 0.307 e. The molecule has 4 nitrogen and oxygen atoms in total. The molecule has 2 rings (SSSR count). The van der Waals surface area contributed by atoms with Crippen LogP contribution in [0.15, 0.2) is 16.9 Å². The number of aliphatic carboxylic acids is 1. The van der Waals surface area contributed by atoms with Crippen LogP contribution in [0, 0.1) is 0 Å². The Labute approximate surface area is 98.4 Å². The van der Waals surface area contributed by atoms with Crippen molar-refractivity contribution in [2.24, 2.45) is 0 Å². The van der Waals surface area contributed by atoms with Gasteiger partial charge in [-0.05, 0) is 21.5 Å². The fourth-order valence-corrected chi connectivity index (χ4v) is 2.20. The maximum absolute atomic E-state index is 10.6. The van der Waals surface area contributed by atoms with E-state index in [1.165, 1.54) is 0 Å². The van der Waals surface area contributed by atoms with Gasteiger partial charge >= 0.3 is 5.97 Å². The van der Waals surface area contributed by atoms with Crippen molar-refractivity contribution in [1.82, 2.24) is 9.97 Å². The molecule has 0 aliphatic carbocycles. The summed E-state index contributed by atoms with van der Waals surface area (Å²) in [6.07, 6.45) is 3.15. The summed E-state index contributed by atoms with van der Waals surface area (Å²) in [5.41, 5.74) is 1.34. The summed E-state index contributed by atoms with van der Waals surface area (Å²) in [5.74, 6) is -0.879. The Morgan fingerprint density at radius 3 is 3.07 bits per heavy atom. The third-order valence-electron chi connectivity index (χ3n) is 2.04. The van der Waals surface area contributed by atoms with Gasteiger partial charge in [0.25, 0.3) is 0 Å². The SMILES string of the molecule is O=C(O)Cc1c[nH]c2c(Cl)ncc(Br)c12. The number of carbonyl (C=O) groups is 1. The lowest BCUT2D eigenvalue weighted by Gasteiger charge is -1.98. The quantitative estimate of drug-likeness (QED) is 0.835. The van der Waals surface area contributed by atoms with E-state index in [1.54, 1.807) is 12.4 Å². The van der Waals surface area contributed by atoms with Gasteiger partial charge in [-0.1, -0.05) is 11.6 Å². The molecule has 0 amide bonds. The van der Waals surface area contributed by atoms with E-state index in [9.17, 15) is 4.79 Å². The van der Waals surface area contributed by atoms with Gasteiger partial charge in [-0.15, -0.1) is 0 Å². The first-order valence-corrected chi connectivity index (χ1v) is 5.28. The Hall–Kier alpha value is -1.07.